The minimum absolute atomic E-state index is 0.152. The summed E-state index contributed by atoms with van der Waals surface area (Å²) < 4.78 is 0. The molecule has 1 saturated carbocycles. The Kier molecular flexibility index (Phi) is 4.19. The van der Waals surface area contributed by atoms with Gasteiger partial charge in [-0.3, -0.25) is 0 Å². The number of aliphatic hydroxyl groups excluding tert-OH is 1. The lowest BCUT2D eigenvalue weighted by Crippen LogP contribution is -2.41. The molecule has 1 unspecified atom stereocenters. The summed E-state index contributed by atoms with van der Waals surface area (Å²) in [4.78, 5) is 18.5. The zero-order valence-electron chi connectivity index (χ0n) is 10.7. The molecule has 18 heavy (non-hydrogen) atoms. The van der Waals surface area contributed by atoms with Gasteiger partial charge in [0.25, 0.3) is 0 Å². The van der Waals surface area contributed by atoms with Crippen LogP contribution in [-0.4, -0.2) is 40.7 Å². The molecule has 2 rings (SSSR count). The lowest BCUT2D eigenvalue weighted by atomic mass is 10.2. The van der Waals surface area contributed by atoms with Crippen molar-refractivity contribution in [1.29, 1.82) is 0 Å². The molecule has 2 N–H and O–H groups in total. The number of rotatable bonds is 5. The number of hydrogen-bond acceptors (Lipinski definition) is 4. The van der Waals surface area contributed by atoms with Crippen LogP contribution in [0.25, 0.3) is 0 Å². The van der Waals surface area contributed by atoms with Gasteiger partial charge in [-0.1, -0.05) is 0 Å². The van der Waals surface area contributed by atoms with Gasteiger partial charge in [0.1, 0.15) is 0 Å². The molecule has 100 valence electrons. The van der Waals surface area contributed by atoms with Gasteiger partial charge in [0.15, 0.2) is 0 Å². The number of carbonyl (C=O) groups is 1. The number of urea groups is 1. The Morgan fingerprint density at radius 1 is 1.72 bits per heavy atom. The highest BCUT2D eigenvalue weighted by atomic mass is 32.1. The molecule has 0 bridgehead atoms. The lowest BCUT2D eigenvalue weighted by molar-refractivity contribution is 0.113. The van der Waals surface area contributed by atoms with Crippen molar-refractivity contribution in [1.82, 2.24) is 15.2 Å². The Morgan fingerprint density at radius 3 is 3.00 bits per heavy atom. The van der Waals surface area contributed by atoms with Crippen LogP contribution in [0.4, 0.5) is 4.79 Å². The second kappa shape index (κ2) is 5.67. The van der Waals surface area contributed by atoms with Gasteiger partial charge in [-0.15, -0.1) is 11.3 Å². The van der Waals surface area contributed by atoms with E-state index in [1.165, 1.54) is 4.90 Å². The number of aliphatic hydroxyl groups is 1. The molecule has 1 aliphatic carbocycles. The minimum atomic E-state index is -0.383. The number of aryl methyl sites for hydroxylation is 1. The maximum atomic E-state index is 11.8. The highest BCUT2D eigenvalue weighted by Crippen LogP contribution is 2.32. The second-order valence-corrected chi connectivity index (χ2v) is 6.11. The van der Waals surface area contributed by atoms with E-state index in [1.54, 1.807) is 24.6 Å². The van der Waals surface area contributed by atoms with Crippen LogP contribution >= 0.6 is 11.3 Å². The highest BCUT2D eigenvalue weighted by Gasteiger charge is 2.31. The molecule has 2 amide bonds. The first-order chi connectivity index (χ1) is 8.56. The molecule has 6 heteroatoms. The Morgan fingerprint density at radius 2 is 2.44 bits per heavy atom. The van der Waals surface area contributed by atoms with E-state index in [9.17, 15) is 9.90 Å². The first kappa shape index (κ1) is 13.3. The maximum absolute atomic E-state index is 11.8. The van der Waals surface area contributed by atoms with Crippen LogP contribution in [0, 0.1) is 12.8 Å². The van der Waals surface area contributed by atoms with E-state index in [4.69, 9.17) is 0 Å². The van der Waals surface area contributed by atoms with Crippen LogP contribution in [-0.2, 0) is 6.54 Å². The van der Waals surface area contributed by atoms with Gasteiger partial charge in [0, 0.05) is 24.7 Å². The molecule has 0 aromatic carbocycles. The first-order valence-electron chi connectivity index (χ1n) is 6.14. The summed E-state index contributed by atoms with van der Waals surface area (Å²) >= 11 is 1.58. The predicted octanol–water partition coefficient (Wildman–Crippen LogP) is 1.36. The topological polar surface area (TPSA) is 65.5 Å². The van der Waals surface area contributed by atoms with Crippen molar-refractivity contribution in [2.75, 3.05) is 13.6 Å². The van der Waals surface area contributed by atoms with E-state index in [2.05, 4.69) is 10.3 Å². The number of nitrogens with one attached hydrogen (secondary N) is 1. The molecule has 1 aromatic rings. The van der Waals surface area contributed by atoms with Crippen LogP contribution in [0.15, 0.2) is 6.20 Å². The third-order valence-corrected chi connectivity index (χ3v) is 3.97. The SMILES string of the molecule is Cc1ncc(CNC(=O)N(C)CC(O)C2CC2)s1. The fourth-order valence-electron chi connectivity index (χ4n) is 1.78. The number of nitrogens with zero attached hydrogens (tertiary/aromatic N) is 2. The molecular weight excluding hydrogens is 250 g/mol. The maximum Gasteiger partial charge on any atom is 0.317 e. The van der Waals surface area contributed by atoms with Gasteiger partial charge >= 0.3 is 6.03 Å². The minimum Gasteiger partial charge on any atom is -0.391 e. The molecule has 1 atom stereocenters. The Labute approximate surface area is 111 Å². The zero-order chi connectivity index (χ0) is 13.1. The van der Waals surface area contributed by atoms with Crippen LogP contribution in [0.2, 0.25) is 0 Å². The van der Waals surface area contributed by atoms with Crippen LogP contribution in [0.5, 0.6) is 0 Å². The van der Waals surface area contributed by atoms with E-state index in [0.717, 1.165) is 22.7 Å². The van der Waals surface area contributed by atoms with Crippen LogP contribution < -0.4 is 5.32 Å². The number of hydrogen-bond donors (Lipinski definition) is 2. The third kappa shape index (κ3) is 3.68. The van der Waals surface area contributed by atoms with Crippen LogP contribution in [0.1, 0.15) is 22.7 Å². The highest BCUT2D eigenvalue weighted by molar-refractivity contribution is 7.11. The lowest BCUT2D eigenvalue weighted by Gasteiger charge is -2.20. The van der Waals surface area contributed by atoms with Crippen molar-refractivity contribution in [2.24, 2.45) is 5.92 Å². The van der Waals surface area contributed by atoms with Crippen molar-refractivity contribution in [3.8, 4) is 0 Å². The van der Waals surface area contributed by atoms with E-state index in [0.29, 0.717) is 19.0 Å². The van der Waals surface area contributed by atoms with E-state index >= 15 is 0 Å². The molecule has 5 nitrogen and oxygen atoms in total. The Bertz CT molecular complexity index is 417. The largest absolute Gasteiger partial charge is 0.391 e. The summed E-state index contributed by atoms with van der Waals surface area (Å²) in [7, 11) is 1.71. The summed E-state index contributed by atoms with van der Waals surface area (Å²) in [6.45, 7) is 2.83. The van der Waals surface area contributed by atoms with E-state index in [-0.39, 0.29) is 12.1 Å². The average molecular weight is 269 g/mol. The van der Waals surface area contributed by atoms with E-state index < -0.39 is 0 Å². The molecule has 0 aliphatic heterocycles. The van der Waals surface area contributed by atoms with Gasteiger partial charge in [0.05, 0.1) is 17.7 Å². The average Bonchev–Trinajstić information content (AvgIpc) is 3.10. The summed E-state index contributed by atoms with van der Waals surface area (Å²) in [6, 6.07) is -0.152. The molecule has 0 radical (unpaired) electrons. The summed E-state index contributed by atoms with van der Waals surface area (Å²) in [6.07, 6.45) is 3.55. The number of amides is 2. The van der Waals surface area contributed by atoms with Gasteiger partial charge in [-0.2, -0.15) is 0 Å². The number of aromatic nitrogens is 1. The standard InChI is InChI=1S/C12H19N3O2S/c1-8-13-5-10(18-8)6-14-12(17)15(2)7-11(16)9-3-4-9/h5,9,11,16H,3-4,6-7H2,1-2H3,(H,14,17). The van der Waals surface area contributed by atoms with Gasteiger partial charge < -0.3 is 15.3 Å². The second-order valence-electron chi connectivity index (χ2n) is 4.79. The fourth-order valence-corrected chi connectivity index (χ4v) is 2.51. The van der Waals surface area contributed by atoms with Crippen molar-refractivity contribution in [3.63, 3.8) is 0 Å². The molecule has 0 spiro atoms. The van der Waals surface area contributed by atoms with E-state index in [1.807, 2.05) is 6.92 Å². The summed E-state index contributed by atoms with van der Waals surface area (Å²) in [5, 5.41) is 13.6. The smallest absolute Gasteiger partial charge is 0.317 e. The quantitative estimate of drug-likeness (QED) is 0.848. The molecule has 1 fully saturated rings. The number of carbonyl (C=O) groups excluding carboxylic acids is 1. The van der Waals surface area contributed by atoms with Crippen molar-refractivity contribution in [2.45, 2.75) is 32.4 Å². The number of thiazole rings is 1. The molecular formula is C12H19N3O2S. The van der Waals surface area contributed by atoms with Crippen molar-refractivity contribution < 1.29 is 9.90 Å². The van der Waals surface area contributed by atoms with Gasteiger partial charge in [0.2, 0.25) is 0 Å². The Hall–Kier alpha value is -1.14. The first-order valence-corrected chi connectivity index (χ1v) is 6.96. The predicted molar refractivity (Wildman–Crippen MR) is 70.4 cm³/mol. The summed E-state index contributed by atoms with van der Waals surface area (Å²) in [5.74, 6) is 0.393. The number of likely N-dealkylation sites (N-methyl/N-ethyl adjacent to an activating group) is 1. The monoisotopic (exact) mass is 269 g/mol. The zero-order valence-corrected chi connectivity index (χ0v) is 11.5. The van der Waals surface area contributed by atoms with Crippen molar-refractivity contribution >= 4 is 17.4 Å². The van der Waals surface area contributed by atoms with Gasteiger partial charge in [-0.25, -0.2) is 9.78 Å². The molecule has 0 saturated heterocycles. The van der Waals surface area contributed by atoms with Gasteiger partial charge in [-0.05, 0) is 25.7 Å². The summed E-state index contributed by atoms with van der Waals surface area (Å²) in [5.41, 5.74) is 0. The Balaban J connectivity index is 1.73. The molecule has 1 aliphatic rings. The third-order valence-electron chi connectivity index (χ3n) is 3.06. The van der Waals surface area contributed by atoms with Crippen molar-refractivity contribution in [3.05, 3.63) is 16.1 Å². The normalized spacial score (nSPS) is 16.4. The molecule has 1 aromatic heterocycles. The fraction of sp³-hybridized carbons (Fsp3) is 0.667. The molecule has 1 heterocycles. The van der Waals surface area contributed by atoms with Crippen LogP contribution in [0.3, 0.4) is 0 Å².